The lowest BCUT2D eigenvalue weighted by Crippen LogP contribution is -2.14. The summed E-state index contributed by atoms with van der Waals surface area (Å²) in [6, 6.07) is 18.2. The first-order chi connectivity index (χ1) is 9.78. The fourth-order valence-electron chi connectivity index (χ4n) is 1.86. The molecule has 104 valence electrons. The molecular weight excluding hydrogens is 266 g/mol. The van der Waals surface area contributed by atoms with Gasteiger partial charge in [0.05, 0.1) is 5.75 Å². The number of rotatable bonds is 6. The second kappa shape index (κ2) is 7.75. The first-order valence-corrected chi connectivity index (χ1v) is 7.94. The molecule has 0 aliphatic heterocycles. The van der Waals surface area contributed by atoms with Crippen LogP contribution in [0, 0.1) is 0 Å². The van der Waals surface area contributed by atoms with Crippen LogP contribution in [0.15, 0.2) is 54.6 Å². The molecule has 3 heteroatoms. The first-order valence-electron chi connectivity index (χ1n) is 6.78. The van der Waals surface area contributed by atoms with Crippen molar-refractivity contribution in [2.24, 2.45) is 0 Å². The molecule has 2 aromatic carbocycles. The van der Waals surface area contributed by atoms with Crippen LogP contribution in [-0.4, -0.2) is 11.7 Å². The summed E-state index contributed by atoms with van der Waals surface area (Å²) in [5, 5.41) is 2.92. The molecule has 0 bridgehead atoms. The van der Waals surface area contributed by atoms with Gasteiger partial charge in [0.1, 0.15) is 0 Å². The summed E-state index contributed by atoms with van der Waals surface area (Å²) in [5.41, 5.74) is 3.39. The highest BCUT2D eigenvalue weighted by atomic mass is 32.2. The monoisotopic (exact) mass is 285 g/mol. The molecule has 2 nitrogen and oxygen atoms in total. The van der Waals surface area contributed by atoms with E-state index in [4.69, 9.17) is 0 Å². The van der Waals surface area contributed by atoms with E-state index in [1.165, 1.54) is 11.1 Å². The Labute approximate surface area is 124 Å². The molecule has 0 spiro atoms. The fraction of sp³-hybridized carbons (Fsp3) is 0.235. The van der Waals surface area contributed by atoms with E-state index >= 15 is 0 Å². The number of nitrogens with one attached hydrogen (secondary N) is 1. The third-order valence-electron chi connectivity index (χ3n) is 2.99. The van der Waals surface area contributed by atoms with Gasteiger partial charge in [0.2, 0.25) is 5.91 Å². The second-order valence-corrected chi connectivity index (χ2v) is 5.56. The fourth-order valence-corrected chi connectivity index (χ4v) is 2.64. The lowest BCUT2D eigenvalue weighted by molar-refractivity contribution is -0.113. The standard InChI is InChI=1S/C17H19NOS/c1-2-14-8-10-16(11-9-14)18-17(19)13-20-12-15-6-4-3-5-7-15/h3-11H,2,12-13H2,1H3,(H,18,19). The minimum Gasteiger partial charge on any atom is -0.325 e. The number of hydrogen-bond acceptors (Lipinski definition) is 2. The van der Waals surface area contributed by atoms with Gasteiger partial charge in [-0.15, -0.1) is 11.8 Å². The molecule has 0 saturated heterocycles. The van der Waals surface area contributed by atoms with Crippen molar-refractivity contribution in [3.05, 3.63) is 65.7 Å². The van der Waals surface area contributed by atoms with Crippen molar-refractivity contribution in [2.45, 2.75) is 19.1 Å². The highest BCUT2D eigenvalue weighted by molar-refractivity contribution is 7.99. The van der Waals surface area contributed by atoms with Crippen LogP contribution in [0.2, 0.25) is 0 Å². The Morgan fingerprint density at radius 1 is 1.00 bits per heavy atom. The van der Waals surface area contributed by atoms with Gasteiger partial charge in [-0.2, -0.15) is 0 Å². The number of benzene rings is 2. The summed E-state index contributed by atoms with van der Waals surface area (Å²) >= 11 is 1.63. The van der Waals surface area contributed by atoms with Crippen LogP contribution < -0.4 is 5.32 Å². The lowest BCUT2D eigenvalue weighted by atomic mass is 10.1. The summed E-state index contributed by atoms with van der Waals surface area (Å²) in [6.45, 7) is 2.12. The minimum absolute atomic E-state index is 0.0511. The van der Waals surface area contributed by atoms with Crippen LogP contribution in [0.5, 0.6) is 0 Å². The van der Waals surface area contributed by atoms with Gasteiger partial charge < -0.3 is 5.32 Å². The third kappa shape index (κ3) is 4.74. The zero-order valence-electron chi connectivity index (χ0n) is 11.6. The summed E-state index contributed by atoms with van der Waals surface area (Å²) in [5.74, 6) is 1.39. The van der Waals surface area contributed by atoms with E-state index in [1.807, 2.05) is 42.5 Å². The zero-order valence-corrected chi connectivity index (χ0v) is 12.5. The third-order valence-corrected chi connectivity index (χ3v) is 3.99. The zero-order chi connectivity index (χ0) is 14.2. The Balaban J connectivity index is 1.74. The van der Waals surface area contributed by atoms with Crippen molar-refractivity contribution < 1.29 is 4.79 Å². The Bertz CT molecular complexity index is 537. The highest BCUT2D eigenvalue weighted by Crippen LogP contribution is 2.13. The molecule has 20 heavy (non-hydrogen) atoms. The predicted molar refractivity (Wildman–Crippen MR) is 87.1 cm³/mol. The Hall–Kier alpha value is -1.74. The Morgan fingerprint density at radius 2 is 1.70 bits per heavy atom. The Kier molecular flexibility index (Phi) is 5.69. The molecule has 0 radical (unpaired) electrons. The van der Waals surface area contributed by atoms with Crippen LogP contribution >= 0.6 is 11.8 Å². The van der Waals surface area contributed by atoms with Gasteiger partial charge in [0.15, 0.2) is 0 Å². The van der Waals surface area contributed by atoms with E-state index in [-0.39, 0.29) is 5.91 Å². The average molecular weight is 285 g/mol. The van der Waals surface area contributed by atoms with Crippen LogP contribution in [-0.2, 0) is 17.0 Å². The summed E-state index contributed by atoms with van der Waals surface area (Å²) in [4.78, 5) is 11.8. The van der Waals surface area contributed by atoms with Crippen LogP contribution in [0.1, 0.15) is 18.1 Å². The number of hydrogen-bond donors (Lipinski definition) is 1. The summed E-state index contributed by atoms with van der Waals surface area (Å²) in [6.07, 6.45) is 1.02. The molecule has 1 amide bonds. The average Bonchev–Trinajstić information content (AvgIpc) is 2.49. The van der Waals surface area contributed by atoms with Crippen molar-refractivity contribution >= 4 is 23.4 Å². The van der Waals surface area contributed by atoms with Crippen molar-refractivity contribution in [3.8, 4) is 0 Å². The Morgan fingerprint density at radius 3 is 2.35 bits per heavy atom. The molecule has 0 aromatic heterocycles. The highest BCUT2D eigenvalue weighted by Gasteiger charge is 2.03. The van der Waals surface area contributed by atoms with Gasteiger partial charge in [-0.3, -0.25) is 4.79 Å². The number of carbonyl (C=O) groups is 1. The van der Waals surface area contributed by atoms with Crippen molar-refractivity contribution in [1.82, 2.24) is 0 Å². The SMILES string of the molecule is CCc1ccc(NC(=O)CSCc2ccccc2)cc1. The first kappa shape index (κ1) is 14.7. The summed E-state index contributed by atoms with van der Waals surface area (Å²) < 4.78 is 0. The number of carbonyl (C=O) groups excluding carboxylic acids is 1. The molecule has 1 N–H and O–H groups in total. The minimum atomic E-state index is 0.0511. The quantitative estimate of drug-likeness (QED) is 0.865. The molecule has 0 heterocycles. The van der Waals surface area contributed by atoms with E-state index in [0.717, 1.165) is 17.9 Å². The van der Waals surface area contributed by atoms with Gasteiger partial charge in [0.25, 0.3) is 0 Å². The topological polar surface area (TPSA) is 29.1 Å². The van der Waals surface area contributed by atoms with Crippen molar-refractivity contribution in [3.63, 3.8) is 0 Å². The number of thioether (sulfide) groups is 1. The summed E-state index contributed by atoms with van der Waals surface area (Å²) in [7, 11) is 0. The van der Waals surface area contributed by atoms with Gasteiger partial charge >= 0.3 is 0 Å². The van der Waals surface area contributed by atoms with Gasteiger partial charge in [-0.05, 0) is 29.7 Å². The molecule has 0 unspecified atom stereocenters. The molecule has 0 aliphatic rings. The van der Waals surface area contributed by atoms with Gasteiger partial charge in [-0.25, -0.2) is 0 Å². The second-order valence-electron chi connectivity index (χ2n) is 4.58. The van der Waals surface area contributed by atoms with Crippen LogP contribution in [0.4, 0.5) is 5.69 Å². The molecule has 0 atom stereocenters. The van der Waals surface area contributed by atoms with Crippen LogP contribution in [0.3, 0.4) is 0 Å². The van der Waals surface area contributed by atoms with E-state index < -0.39 is 0 Å². The van der Waals surface area contributed by atoms with Crippen LogP contribution in [0.25, 0.3) is 0 Å². The van der Waals surface area contributed by atoms with E-state index in [0.29, 0.717) is 5.75 Å². The molecule has 0 saturated carbocycles. The van der Waals surface area contributed by atoms with Crippen molar-refractivity contribution in [1.29, 1.82) is 0 Å². The number of amides is 1. The van der Waals surface area contributed by atoms with Gasteiger partial charge in [-0.1, -0.05) is 49.4 Å². The predicted octanol–water partition coefficient (Wildman–Crippen LogP) is 4.12. The van der Waals surface area contributed by atoms with E-state index in [1.54, 1.807) is 11.8 Å². The molecule has 2 aromatic rings. The number of aryl methyl sites for hydroxylation is 1. The van der Waals surface area contributed by atoms with E-state index in [9.17, 15) is 4.79 Å². The maximum atomic E-state index is 11.8. The molecule has 0 fully saturated rings. The maximum absolute atomic E-state index is 11.8. The number of anilines is 1. The normalized spacial score (nSPS) is 10.2. The van der Waals surface area contributed by atoms with Crippen molar-refractivity contribution in [2.75, 3.05) is 11.1 Å². The smallest absolute Gasteiger partial charge is 0.234 e. The molecule has 2 rings (SSSR count). The molecule has 0 aliphatic carbocycles. The molecular formula is C17H19NOS. The largest absolute Gasteiger partial charge is 0.325 e. The lowest BCUT2D eigenvalue weighted by Gasteiger charge is -2.06. The van der Waals surface area contributed by atoms with Gasteiger partial charge in [0, 0.05) is 11.4 Å². The van der Waals surface area contributed by atoms with E-state index in [2.05, 4.69) is 24.4 Å². The maximum Gasteiger partial charge on any atom is 0.234 e.